The van der Waals surface area contributed by atoms with Gasteiger partial charge in [0.25, 0.3) is 0 Å². The quantitative estimate of drug-likeness (QED) is 0.672. The predicted molar refractivity (Wildman–Crippen MR) is 82.8 cm³/mol. The van der Waals surface area contributed by atoms with E-state index in [4.69, 9.17) is 10.6 Å². The summed E-state index contributed by atoms with van der Waals surface area (Å²) in [5, 5.41) is 0. The van der Waals surface area contributed by atoms with E-state index in [1.165, 1.54) is 10.5 Å². The second-order valence-corrected chi connectivity index (χ2v) is 6.03. The molecule has 1 aliphatic rings. The summed E-state index contributed by atoms with van der Waals surface area (Å²) in [6.07, 6.45) is 0.0302. The fourth-order valence-corrected chi connectivity index (χ4v) is 3.43. The standard InChI is InChI=1S/C16H18N2OS/c1-11-6-8-12(9-7-11)16(18-17)14-10-20-15-5-3-2-4-13(15)19-14/h2-9,14,16,18H,10,17H2,1H3. The van der Waals surface area contributed by atoms with Crippen molar-refractivity contribution in [2.24, 2.45) is 5.84 Å². The van der Waals surface area contributed by atoms with Gasteiger partial charge in [-0.15, -0.1) is 11.8 Å². The van der Waals surface area contributed by atoms with Gasteiger partial charge in [0.15, 0.2) is 0 Å². The first-order chi connectivity index (χ1) is 9.78. The van der Waals surface area contributed by atoms with Crippen LogP contribution < -0.4 is 16.0 Å². The summed E-state index contributed by atoms with van der Waals surface area (Å²) in [7, 11) is 0. The van der Waals surface area contributed by atoms with Gasteiger partial charge in [-0.2, -0.15) is 0 Å². The maximum absolute atomic E-state index is 6.11. The predicted octanol–water partition coefficient (Wildman–Crippen LogP) is 3.05. The molecule has 2 atom stereocenters. The molecular formula is C16H18N2OS. The van der Waals surface area contributed by atoms with Crippen molar-refractivity contribution < 1.29 is 4.74 Å². The summed E-state index contributed by atoms with van der Waals surface area (Å²) < 4.78 is 6.11. The van der Waals surface area contributed by atoms with E-state index in [1.54, 1.807) is 0 Å². The topological polar surface area (TPSA) is 47.3 Å². The Balaban J connectivity index is 1.83. The van der Waals surface area contributed by atoms with Crippen LogP contribution in [0.4, 0.5) is 0 Å². The van der Waals surface area contributed by atoms with Gasteiger partial charge in [0.1, 0.15) is 11.9 Å². The Bertz CT molecular complexity index is 585. The number of rotatable bonds is 3. The molecule has 0 aromatic heterocycles. The van der Waals surface area contributed by atoms with Crippen molar-refractivity contribution in [1.82, 2.24) is 5.43 Å². The summed E-state index contributed by atoms with van der Waals surface area (Å²) in [6, 6.07) is 16.5. The van der Waals surface area contributed by atoms with Crippen LogP contribution in [0.15, 0.2) is 53.4 Å². The SMILES string of the molecule is Cc1ccc(C(NN)C2CSc3ccccc3O2)cc1. The van der Waals surface area contributed by atoms with E-state index in [-0.39, 0.29) is 12.1 Å². The molecule has 0 fully saturated rings. The van der Waals surface area contributed by atoms with Crippen molar-refractivity contribution in [3.8, 4) is 5.75 Å². The highest BCUT2D eigenvalue weighted by atomic mass is 32.2. The Kier molecular flexibility index (Phi) is 3.96. The molecule has 0 aliphatic carbocycles. The molecule has 3 nitrogen and oxygen atoms in total. The highest BCUT2D eigenvalue weighted by molar-refractivity contribution is 7.99. The first kappa shape index (κ1) is 13.5. The maximum Gasteiger partial charge on any atom is 0.133 e. The van der Waals surface area contributed by atoms with Crippen LogP contribution in [0.5, 0.6) is 5.75 Å². The average molecular weight is 286 g/mol. The molecule has 2 aromatic rings. The molecule has 0 spiro atoms. The van der Waals surface area contributed by atoms with Crippen LogP contribution in [0.3, 0.4) is 0 Å². The van der Waals surface area contributed by atoms with Gasteiger partial charge in [-0.1, -0.05) is 42.0 Å². The first-order valence-corrected chi connectivity index (χ1v) is 7.67. The lowest BCUT2D eigenvalue weighted by Crippen LogP contribution is -2.42. The number of aryl methyl sites for hydroxylation is 1. The monoisotopic (exact) mass is 286 g/mol. The molecule has 2 aromatic carbocycles. The molecule has 0 bridgehead atoms. The second kappa shape index (κ2) is 5.87. The van der Waals surface area contributed by atoms with Crippen LogP contribution in [0.1, 0.15) is 17.2 Å². The average Bonchev–Trinajstić information content (AvgIpc) is 2.50. The molecular weight excluding hydrogens is 268 g/mol. The molecule has 3 N–H and O–H groups in total. The molecule has 2 unspecified atom stereocenters. The lowest BCUT2D eigenvalue weighted by Gasteiger charge is -2.31. The number of ether oxygens (including phenoxy) is 1. The number of benzene rings is 2. The highest BCUT2D eigenvalue weighted by Gasteiger charge is 2.28. The molecule has 1 aliphatic heterocycles. The van der Waals surface area contributed by atoms with Gasteiger partial charge in [-0.25, -0.2) is 5.43 Å². The van der Waals surface area contributed by atoms with Gasteiger partial charge in [-0.3, -0.25) is 5.84 Å². The minimum absolute atomic E-state index is 0.00328. The third-order valence-corrected chi connectivity index (χ3v) is 4.66. The van der Waals surface area contributed by atoms with Crippen LogP contribution in [0, 0.1) is 6.92 Å². The molecule has 0 saturated carbocycles. The van der Waals surface area contributed by atoms with Crippen molar-refractivity contribution in [2.75, 3.05) is 5.75 Å². The van der Waals surface area contributed by atoms with Gasteiger partial charge in [0.2, 0.25) is 0 Å². The van der Waals surface area contributed by atoms with Crippen LogP contribution >= 0.6 is 11.8 Å². The zero-order chi connectivity index (χ0) is 13.9. The number of nitrogens with one attached hydrogen (secondary N) is 1. The lowest BCUT2D eigenvalue weighted by atomic mass is 10.0. The molecule has 1 heterocycles. The van der Waals surface area contributed by atoms with E-state index < -0.39 is 0 Å². The summed E-state index contributed by atoms with van der Waals surface area (Å²) in [4.78, 5) is 1.20. The molecule has 0 radical (unpaired) electrons. The number of nitrogens with two attached hydrogens (primary N) is 1. The van der Waals surface area contributed by atoms with Gasteiger partial charge in [0.05, 0.1) is 6.04 Å². The van der Waals surface area contributed by atoms with E-state index in [0.29, 0.717) is 0 Å². The van der Waals surface area contributed by atoms with Gasteiger partial charge in [-0.05, 0) is 24.6 Å². The molecule has 0 saturated heterocycles. The Labute approximate surface area is 123 Å². The molecule has 20 heavy (non-hydrogen) atoms. The fraction of sp³-hybridized carbons (Fsp3) is 0.250. The Morgan fingerprint density at radius 1 is 1.20 bits per heavy atom. The van der Waals surface area contributed by atoms with Crippen molar-refractivity contribution in [3.05, 3.63) is 59.7 Å². The fourth-order valence-electron chi connectivity index (χ4n) is 2.39. The summed E-state index contributed by atoms with van der Waals surface area (Å²) in [5.41, 5.74) is 5.30. The third kappa shape index (κ3) is 2.68. The molecule has 3 rings (SSSR count). The maximum atomic E-state index is 6.11. The minimum Gasteiger partial charge on any atom is -0.486 e. The normalized spacial score (nSPS) is 19.0. The zero-order valence-corrected chi connectivity index (χ0v) is 12.2. The van der Waals surface area contributed by atoms with E-state index in [9.17, 15) is 0 Å². The molecule has 0 amide bonds. The Hall–Kier alpha value is -1.49. The van der Waals surface area contributed by atoms with Crippen LogP contribution in [-0.4, -0.2) is 11.9 Å². The lowest BCUT2D eigenvalue weighted by molar-refractivity contribution is 0.167. The summed E-state index contributed by atoms with van der Waals surface area (Å²) in [5.74, 6) is 7.59. The smallest absolute Gasteiger partial charge is 0.133 e. The Morgan fingerprint density at radius 3 is 2.70 bits per heavy atom. The molecule has 104 valence electrons. The highest BCUT2D eigenvalue weighted by Crippen LogP contribution is 2.38. The number of fused-ring (bicyclic) bond motifs is 1. The zero-order valence-electron chi connectivity index (χ0n) is 11.4. The second-order valence-electron chi connectivity index (χ2n) is 4.97. The number of hydrogen-bond acceptors (Lipinski definition) is 4. The number of thioether (sulfide) groups is 1. The van der Waals surface area contributed by atoms with Crippen molar-refractivity contribution in [3.63, 3.8) is 0 Å². The number of hydrogen-bond donors (Lipinski definition) is 2. The number of hydrazine groups is 1. The van der Waals surface area contributed by atoms with E-state index >= 15 is 0 Å². The summed E-state index contributed by atoms with van der Waals surface area (Å²) >= 11 is 1.82. The molecule has 4 heteroatoms. The number of para-hydroxylation sites is 1. The van der Waals surface area contributed by atoms with Crippen molar-refractivity contribution in [1.29, 1.82) is 0 Å². The minimum atomic E-state index is -0.00328. The van der Waals surface area contributed by atoms with E-state index in [0.717, 1.165) is 17.1 Å². The Morgan fingerprint density at radius 2 is 1.95 bits per heavy atom. The van der Waals surface area contributed by atoms with E-state index in [2.05, 4.69) is 42.7 Å². The van der Waals surface area contributed by atoms with Crippen LogP contribution in [-0.2, 0) is 0 Å². The van der Waals surface area contributed by atoms with E-state index in [1.807, 2.05) is 30.0 Å². The first-order valence-electron chi connectivity index (χ1n) is 6.69. The van der Waals surface area contributed by atoms with Crippen molar-refractivity contribution >= 4 is 11.8 Å². The largest absolute Gasteiger partial charge is 0.486 e. The van der Waals surface area contributed by atoms with Crippen molar-refractivity contribution in [2.45, 2.75) is 24.0 Å². The van der Waals surface area contributed by atoms with Crippen LogP contribution in [0.2, 0.25) is 0 Å². The van der Waals surface area contributed by atoms with Gasteiger partial charge >= 0.3 is 0 Å². The van der Waals surface area contributed by atoms with Gasteiger partial charge < -0.3 is 4.74 Å². The van der Waals surface area contributed by atoms with Gasteiger partial charge in [0, 0.05) is 10.6 Å². The third-order valence-electron chi connectivity index (χ3n) is 3.52. The summed E-state index contributed by atoms with van der Waals surface area (Å²) in [6.45, 7) is 2.08. The van der Waals surface area contributed by atoms with Crippen LogP contribution in [0.25, 0.3) is 0 Å².